The van der Waals surface area contributed by atoms with Gasteiger partial charge in [-0.3, -0.25) is 19.5 Å². The van der Waals surface area contributed by atoms with Crippen LogP contribution in [-0.4, -0.2) is 111 Å². The van der Waals surface area contributed by atoms with Gasteiger partial charge in [-0.15, -0.1) is 0 Å². The number of nitrogens with zero attached hydrogens (tertiary/aromatic N) is 6. The fraction of sp³-hybridized carbons (Fsp3) is 0.595. The SMILES string of the molecule is CC(=O)N1CC2CN(C3CC(CN4CC[C@@H](Cc5cn(-c6ccc(F)cc6C(=O)N(C)C(C)C)c6cncc(C)c56)C4)C3)C[C@@]2(S)C1. The minimum atomic E-state index is -0.418. The maximum atomic E-state index is 14.5. The maximum absolute atomic E-state index is 14.5. The molecule has 8 nitrogen and oxygen atoms in total. The molecule has 3 saturated heterocycles. The summed E-state index contributed by atoms with van der Waals surface area (Å²) >= 11 is 5.08. The zero-order chi connectivity index (χ0) is 33.2. The van der Waals surface area contributed by atoms with Crippen molar-refractivity contribution in [1.82, 2.24) is 29.2 Å². The molecule has 3 atom stereocenters. The maximum Gasteiger partial charge on any atom is 0.256 e. The van der Waals surface area contributed by atoms with Gasteiger partial charge in [0, 0.05) is 93.8 Å². The van der Waals surface area contributed by atoms with E-state index in [0.717, 1.165) is 62.7 Å². The van der Waals surface area contributed by atoms with E-state index < -0.39 is 5.82 Å². The van der Waals surface area contributed by atoms with Crippen molar-refractivity contribution in [2.45, 2.75) is 70.2 Å². The summed E-state index contributed by atoms with van der Waals surface area (Å²) in [4.78, 5) is 38.8. The highest BCUT2D eigenvalue weighted by Gasteiger charge is 2.53. The van der Waals surface area contributed by atoms with E-state index in [2.05, 4.69) is 27.9 Å². The number of pyridine rings is 1. The van der Waals surface area contributed by atoms with Crippen molar-refractivity contribution in [1.29, 1.82) is 0 Å². The first-order valence-electron chi connectivity index (χ1n) is 17.4. The molecule has 3 aliphatic heterocycles. The second-order valence-electron chi connectivity index (χ2n) is 15.3. The van der Waals surface area contributed by atoms with Crippen LogP contribution in [0.2, 0.25) is 0 Å². The second-order valence-corrected chi connectivity index (χ2v) is 16.2. The van der Waals surface area contributed by atoms with E-state index in [9.17, 15) is 14.0 Å². The molecule has 4 fully saturated rings. The van der Waals surface area contributed by atoms with E-state index >= 15 is 0 Å². The van der Waals surface area contributed by atoms with Gasteiger partial charge in [-0.05, 0) is 94.2 Å². The summed E-state index contributed by atoms with van der Waals surface area (Å²) in [6.07, 6.45) is 10.6. The first kappa shape index (κ1) is 32.6. The summed E-state index contributed by atoms with van der Waals surface area (Å²) in [7, 11) is 1.76. The molecule has 2 amide bonds. The van der Waals surface area contributed by atoms with Crippen LogP contribution in [0.5, 0.6) is 0 Å². The Bertz CT molecular complexity index is 1690. The van der Waals surface area contributed by atoms with Gasteiger partial charge in [0.15, 0.2) is 0 Å². The van der Waals surface area contributed by atoms with Crippen LogP contribution in [0, 0.1) is 30.5 Å². The molecule has 47 heavy (non-hydrogen) atoms. The van der Waals surface area contributed by atoms with Crippen molar-refractivity contribution in [2.75, 3.05) is 52.9 Å². The number of hydrogen-bond donors (Lipinski definition) is 1. The van der Waals surface area contributed by atoms with Crippen LogP contribution in [0.4, 0.5) is 4.39 Å². The fourth-order valence-electron chi connectivity index (χ4n) is 8.76. The number of rotatable bonds is 8. The minimum Gasteiger partial charge on any atom is -0.341 e. The zero-order valence-corrected chi connectivity index (χ0v) is 29.3. The minimum absolute atomic E-state index is 0.00390. The molecular weight excluding hydrogens is 612 g/mol. The van der Waals surface area contributed by atoms with Crippen molar-refractivity contribution in [3.8, 4) is 5.69 Å². The summed E-state index contributed by atoms with van der Waals surface area (Å²) in [5.74, 6) is 1.35. The van der Waals surface area contributed by atoms with Gasteiger partial charge in [0.05, 0.1) is 23.0 Å². The van der Waals surface area contributed by atoms with Gasteiger partial charge < -0.3 is 19.3 Å². The lowest BCUT2D eigenvalue weighted by atomic mass is 9.79. The number of aryl methyl sites for hydroxylation is 1. The molecule has 2 aromatic heterocycles. The van der Waals surface area contributed by atoms with Crippen LogP contribution in [0.25, 0.3) is 16.6 Å². The van der Waals surface area contributed by atoms with Crippen LogP contribution < -0.4 is 0 Å². The number of fused-ring (bicyclic) bond motifs is 2. The lowest BCUT2D eigenvalue weighted by Gasteiger charge is -2.43. The summed E-state index contributed by atoms with van der Waals surface area (Å²) in [5, 5.41) is 1.18. The number of likely N-dealkylation sites (tertiary alicyclic amines) is 3. The molecule has 3 aromatic rings. The average molecular weight is 661 g/mol. The molecule has 1 aromatic carbocycles. The summed E-state index contributed by atoms with van der Waals surface area (Å²) in [6, 6.07) is 5.17. The molecule has 252 valence electrons. The van der Waals surface area contributed by atoms with Gasteiger partial charge in [0.1, 0.15) is 5.82 Å². The standard InChI is InChI=1S/C37H49FN6O2S/c1-23(2)40(5)36(46)32-13-30(38)6-7-33(32)44-18-28(35-24(3)14-39-15-34(35)44)10-26-8-9-41(16-26)17-27-11-31(12-27)43-20-29-19-42(25(4)45)21-37(29,47)22-43/h6-7,13-15,18,23,26-27,29,31,47H,8-12,16-17,19-22H2,1-5H3/t26-,27?,29?,31?,37-/m0/s1. The van der Waals surface area contributed by atoms with Crippen molar-refractivity contribution in [2.24, 2.45) is 17.8 Å². The van der Waals surface area contributed by atoms with Crippen LogP contribution in [0.1, 0.15) is 61.5 Å². The number of carbonyl (C=O) groups is 2. The van der Waals surface area contributed by atoms with Gasteiger partial charge in [-0.2, -0.15) is 12.6 Å². The van der Waals surface area contributed by atoms with Crippen LogP contribution in [0.3, 0.4) is 0 Å². The lowest BCUT2D eigenvalue weighted by Crippen LogP contribution is -2.49. The number of amides is 2. The van der Waals surface area contributed by atoms with Gasteiger partial charge in [0.25, 0.3) is 5.91 Å². The monoisotopic (exact) mass is 660 g/mol. The third-order valence-electron chi connectivity index (χ3n) is 11.7. The average Bonchev–Trinajstić information content (AvgIpc) is 3.75. The first-order chi connectivity index (χ1) is 22.4. The predicted octanol–water partition coefficient (Wildman–Crippen LogP) is 5.06. The summed E-state index contributed by atoms with van der Waals surface area (Å²) in [5.41, 5.74) is 4.37. The van der Waals surface area contributed by atoms with Gasteiger partial charge in [-0.1, -0.05) is 0 Å². The Balaban J connectivity index is 1.00. The third kappa shape index (κ3) is 6.10. The van der Waals surface area contributed by atoms with Crippen LogP contribution in [0.15, 0.2) is 36.8 Å². The number of benzene rings is 1. The largest absolute Gasteiger partial charge is 0.341 e. The van der Waals surface area contributed by atoms with Crippen molar-refractivity contribution in [3.05, 3.63) is 59.3 Å². The highest BCUT2D eigenvalue weighted by Crippen LogP contribution is 2.44. The third-order valence-corrected chi connectivity index (χ3v) is 12.3. The van der Waals surface area contributed by atoms with E-state index in [1.165, 1.54) is 48.9 Å². The van der Waals surface area contributed by atoms with Crippen LogP contribution in [-0.2, 0) is 11.2 Å². The smallest absolute Gasteiger partial charge is 0.256 e. The Morgan fingerprint density at radius 1 is 1.13 bits per heavy atom. The van der Waals surface area contributed by atoms with Crippen molar-refractivity contribution < 1.29 is 14.0 Å². The zero-order valence-electron chi connectivity index (χ0n) is 28.5. The van der Waals surface area contributed by atoms with E-state index in [-0.39, 0.29) is 22.6 Å². The number of hydrogen-bond acceptors (Lipinski definition) is 6. The Hall–Kier alpha value is -2.95. The predicted molar refractivity (Wildman–Crippen MR) is 187 cm³/mol. The molecule has 1 saturated carbocycles. The second kappa shape index (κ2) is 12.5. The normalized spacial score (nSPS) is 28.0. The van der Waals surface area contributed by atoms with E-state index in [1.54, 1.807) is 24.9 Å². The molecule has 0 bridgehead atoms. The van der Waals surface area contributed by atoms with E-state index in [0.29, 0.717) is 29.1 Å². The van der Waals surface area contributed by atoms with Crippen molar-refractivity contribution in [3.63, 3.8) is 0 Å². The van der Waals surface area contributed by atoms with Gasteiger partial charge in [-0.25, -0.2) is 4.39 Å². The molecule has 10 heteroatoms. The number of aromatic nitrogens is 2. The van der Waals surface area contributed by atoms with Gasteiger partial charge in [0.2, 0.25) is 5.91 Å². The molecule has 0 radical (unpaired) electrons. The fourth-order valence-corrected chi connectivity index (χ4v) is 9.28. The molecular formula is C37H49FN6O2S. The Labute approximate surface area is 283 Å². The number of carbonyl (C=O) groups excluding carboxylic acids is 2. The molecule has 5 heterocycles. The Kier molecular flexibility index (Phi) is 8.66. The van der Waals surface area contributed by atoms with Gasteiger partial charge >= 0.3 is 0 Å². The Morgan fingerprint density at radius 3 is 2.64 bits per heavy atom. The summed E-state index contributed by atoms with van der Waals surface area (Å²) in [6.45, 7) is 14.8. The molecule has 1 aliphatic carbocycles. The van der Waals surface area contributed by atoms with Crippen LogP contribution >= 0.6 is 12.6 Å². The topological polar surface area (TPSA) is 64.9 Å². The highest BCUT2D eigenvalue weighted by molar-refractivity contribution is 7.82. The van der Waals surface area contributed by atoms with E-state index in [1.807, 2.05) is 35.7 Å². The molecule has 0 spiro atoms. The lowest BCUT2D eigenvalue weighted by molar-refractivity contribution is -0.128. The molecule has 4 aliphatic rings. The molecule has 1 unspecified atom stereocenters. The highest BCUT2D eigenvalue weighted by atomic mass is 32.1. The molecule has 0 N–H and O–H groups in total. The number of halogens is 1. The molecule has 7 rings (SSSR count). The summed E-state index contributed by atoms with van der Waals surface area (Å²) < 4.78 is 16.5. The quantitative estimate of drug-likeness (QED) is 0.343. The van der Waals surface area contributed by atoms with Crippen molar-refractivity contribution >= 4 is 35.3 Å². The van der Waals surface area contributed by atoms with E-state index in [4.69, 9.17) is 12.6 Å². The Morgan fingerprint density at radius 2 is 1.91 bits per heavy atom. The number of thiol groups is 1. The first-order valence-corrected chi connectivity index (χ1v) is 17.8.